The highest BCUT2D eigenvalue weighted by molar-refractivity contribution is 14.1. The first-order valence-corrected chi connectivity index (χ1v) is 6.80. The predicted octanol–water partition coefficient (Wildman–Crippen LogP) is 4.18. The summed E-state index contributed by atoms with van der Waals surface area (Å²) in [6.45, 7) is 1.95. The van der Waals surface area contributed by atoms with Crippen molar-refractivity contribution in [1.82, 2.24) is 9.97 Å². The van der Waals surface area contributed by atoms with E-state index in [1.807, 2.05) is 29.5 Å². The molecule has 0 aliphatic rings. The molecule has 0 unspecified atom stereocenters. The molecule has 0 fully saturated rings. The van der Waals surface area contributed by atoms with Gasteiger partial charge in [-0.25, -0.2) is 14.4 Å². The number of halogens is 3. The molecular formula is C12H10ClFIN3. The van der Waals surface area contributed by atoms with Gasteiger partial charge in [-0.05, 0) is 34.7 Å². The third kappa shape index (κ3) is 3.08. The molecule has 0 atom stereocenters. The van der Waals surface area contributed by atoms with E-state index in [1.165, 1.54) is 6.07 Å². The maximum absolute atomic E-state index is 13.4. The van der Waals surface area contributed by atoms with Gasteiger partial charge in [-0.3, -0.25) is 0 Å². The number of rotatable bonds is 3. The molecule has 0 aliphatic carbocycles. The summed E-state index contributed by atoms with van der Waals surface area (Å²) < 4.78 is 13.9. The summed E-state index contributed by atoms with van der Waals surface area (Å²) in [4.78, 5) is 8.36. The molecule has 0 spiro atoms. The van der Waals surface area contributed by atoms with E-state index >= 15 is 0 Å². The van der Waals surface area contributed by atoms with Crippen LogP contribution in [0.3, 0.4) is 0 Å². The molecule has 1 N–H and O–H groups in total. The number of nitrogens with zero attached hydrogens (tertiary/aromatic N) is 2. The van der Waals surface area contributed by atoms with Gasteiger partial charge in [0.1, 0.15) is 22.6 Å². The molecule has 0 bridgehead atoms. The average molecular weight is 378 g/mol. The van der Waals surface area contributed by atoms with Crippen molar-refractivity contribution in [2.75, 3.05) is 5.32 Å². The summed E-state index contributed by atoms with van der Waals surface area (Å²) in [7, 11) is 0. The van der Waals surface area contributed by atoms with Gasteiger partial charge in [0.05, 0.1) is 9.26 Å². The fourth-order valence-corrected chi connectivity index (χ4v) is 2.12. The monoisotopic (exact) mass is 377 g/mol. The van der Waals surface area contributed by atoms with Crippen molar-refractivity contribution >= 4 is 45.7 Å². The van der Waals surface area contributed by atoms with Crippen molar-refractivity contribution in [3.05, 3.63) is 44.6 Å². The van der Waals surface area contributed by atoms with Crippen molar-refractivity contribution in [3.63, 3.8) is 0 Å². The topological polar surface area (TPSA) is 37.8 Å². The minimum atomic E-state index is -0.267. The molecule has 1 aromatic carbocycles. The summed E-state index contributed by atoms with van der Waals surface area (Å²) >= 11 is 7.84. The molecule has 1 aromatic heterocycles. The average Bonchev–Trinajstić information content (AvgIpc) is 2.34. The van der Waals surface area contributed by atoms with Crippen LogP contribution in [0.5, 0.6) is 0 Å². The van der Waals surface area contributed by atoms with Crippen LogP contribution >= 0.6 is 34.2 Å². The van der Waals surface area contributed by atoms with Crippen molar-refractivity contribution in [3.8, 4) is 0 Å². The van der Waals surface area contributed by atoms with Crippen LogP contribution < -0.4 is 5.32 Å². The first-order valence-electron chi connectivity index (χ1n) is 5.34. The maximum Gasteiger partial charge on any atom is 0.138 e. The van der Waals surface area contributed by atoms with E-state index in [2.05, 4.69) is 15.3 Å². The van der Waals surface area contributed by atoms with Gasteiger partial charge in [0.15, 0.2) is 0 Å². The fourth-order valence-electron chi connectivity index (χ4n) is 1.43. The lowest BCUT2D eigenvalue weighted by Crippen LogP contribution is -2.01. The summed E-state index contributed by atoms with van der Waals surface area (Å²) in [5.74, 6) is 0.947. The van der Waals surface area contributed by atoms with Crippen molar-refractivity contribution < 1.29 is 4.39 Å². The molecule has 0 saturated heterocycles. The number of nitrogens with one attached hydrogen (secondary N) is 1. The van der Waals surface area contributed by atoms with E-state index in [0.29, 0.717) is 32.5 Å². The SMILES string of the molecule is CCc1nc(Cl)cc(Nc2cccc(F)c2I)n1. The second kappa shape index (κ2) is 5.79. The lowest BCUT2D eigenvalue weighted by Gasteiger charge is -2.09. The Bertz CT molecular complexity index is 577. The van der Waals surface area contributed by atoms with Crippen LogP contribution in [-0.2, 0) is 6.42 Å². The van der Waals surface area contributed by atoms with Crippen LogP contribution in [0.25, 0.3) is 0 Å². The molecule has 3 nitrogen and oxygen atoms in total. The molecule has 0 aliphatic heterocycles. The van der Waals surface area contributed by atoms with Crippen LogP contribution in [0.1, 0.15) is 12.7 Å². The van der Waals surface area contributed by atoms with Crippen LogP contribution in [0.15, 0.2) is 24.3 Å². The third-order valence-electron chi connectivity index (χ3n) is 2.27. The van der Waals surface area contributed by atoms with E-state index in [9.17, 15) is 4.39 Å². The van der Waals surface area contributed by atoms with Crippen LogP contribution in [-0.4, -0.2) is 9.97 Å². The van der Waals surface area contributed by atoms with Crippen LogP contribution in [0, 0.1) is 9.39 Å². The van der Waals surface area contributed by atoms with Crippen molar-refractivity contribution in [2.24, 2.45) is 0 Å². The number of hydrogen-bond donors (Lipinski definition) is 1. The van der Waals surface area contributed by atoms with Crippen LogP contribution in [0.4, 0.5) is 15.9 Å². The van der Waals surface area contributed by atoms with E-state index in [1.54, 1.807) is 18.2 Å². The Morgan fingerprint density at radius 3 is 2.89 bits per heavy atom. The Morgan fingerprint density at radius 1 is 1.39 bits per heavy atom. The van der Waals surface area contributed by atoms with Gasteiger partial charge in [0, 0.05) is 12.5 Å². The molecule has 18 heavy (non-hydrogen) atoms. The molecule has 2 rings (SSSR count). The van der Waals surface area contributed by atoms with Gasteiger partial charge < -0.3 is 5.32 Å². The zero-order valence-electron chi connectivity index (χ0n) is 9.54. The summed E-state index contributed by atoms with van der Waals surface area (Å²) in [6.07, 6.45) is 0.690. The Hall–Kier alpha value is -0.950. The van der Waals surface area contributed by atoms with Gasteiger partial charge in [0.25, 0.3) is 0 Å². The van der Waals surface area contributed by atoms with Gasteiger partial charge in [-0.2, -0.15) is 0 Å². The smallest absolute Gasteiger partial charge is 0.138 e. The molecular weight excluding hydrogens is 368 g/mol. The van der Waals surface area contributed by atoms with Crippen molar-refractivity contribution in [2.45, 2.75) is 13.3 Å². The summed E-state index contributed by atoms with van der Waals surface area (Å²) in [5.41, 5.74) is 0.660. The van der Waals surface area contributed by atoms with Gasteiger partial charge in [-0.15, -0.1) is 0 Å². The van der Waals surface area contributed by atoms with E-state index in [0.717, 1.165) is 0 Å². The Morgan fingerprint density at radius 2 is 2.17 bits per heavy atom. The molecule has 0 amide bonds. The summed E-state index contributed by atoms with van der Waals surface area (Å²) in [5, 5.41) is 3.42. The highest BCUT2D eigenvalue weighted by atomic mass is 127. The Balaban J connectivity index is 2.34. The molecule has 94 valence electrons. The number of aromatic nitrogens is 2. The van der Waals surface area contributed by atoms with Gasteiger partial charge in [0.2, 0.25) is 0 Å². The fraction of sp³-hybridized carbons (Fsp3) is 0.167. The first kappa shape index (κ1) is 13.5. The number of aryl methyl sites for hydroxylation is 1. The van der Waals surface area contributed by atoms with Crippen molar-refractivity contribution in [1.29, 1.82) is 0 Å². The zero-order chi connectivity index (χ0) is 13.1. The quantitative estimate of drug-likeness (QED) is 0.644. The molecule has 1 heterocycles. The second-order valence-corrected chi connectivity index (χ2v) is 5.04. The van der Waals surface area contributed by atoms with Crippen LogP contribution in [0.2, 0.25) is 5.15 Å². The number of anilines is 2. The van der Waals surface area contributed by atoms with Gasteiger partial charge in [-0.1, -0.05) is 24.6 Å². The van der Waals surface area contributed by atoms with E-state index < -0.39 is 0 Å². The lowest BCUT2D eigenvalue weighted by atomic mass is 10.3. The highest BCUT2D eigenvalue weighted by Gasteiger charge is 2.07. The molecule has 2 aromatic rings. The lowest BCUT2D eigenvalue weighted by molar-refractivity contribution is 0.621. The largest absolute Gasteiger partial charge is 0.339 e. The van der Waals surface area contributed by atoms with E-state index in [-0.39, 0.29) is 5.82 Å². The molecule has 0 saturated carbocycles. The maximum atomic E-state index is 13.4. The summed E-state index contributed by atoms with van der Waals surface area (Å²) in [6, 6.07) is 6.45. The molecule has 6 heteroatoms. The number of benzene rings is 1. The first-order chi connectivity index (χ1) is 8.60. The molecule has 0 radical (unpaired) electrons. The zero-order valence-corrected chi connectivity index (χ0v) is 12.5. The Labute approximate surface area is 123 Å². The highest BCUT2D eigenvalue weighted by Crippen LogP contribution is 2.24. The van der Waals surface area contributed by atoms with E-state index in [4.69, 9.17) is 11.6 Å². The normalized spacial score (nSPS) is 10.4. The minimum Gasteiger partial charge on any atom is -0.339 e. The van der Waals surface area contributed by atoms with Gasteiger partial charge >= 0.3 is 0 Å². The second-order valence-electron chi connectivity index (χ2n) is 3.57. The Kier molecular flexibility index (Phi) is 4.34. The minimum absolute atomic E-state index is 0.267. The number of hydrogen-bond acceptors (Lipinski definition) is 3. The predicted molar refractivity (Wildman–Crippen MR) is 78.8 cm³/mol. The third-order valence-corrected chi connectivity index (χ3v) is 3.56. The standard InChI is InChI=1S/C12H10ClFIN3/c1-2-10-17-9(13)6-11(18-10)16-8-5-3-4-7(14)12(8)15/h3-6H,2H2,1H3,(H,16,17,18).